The van der Waals surface area contributed by atoms with E-state index in [-0.39, 0.29) is 6.04 Å². The Labute approximate surface area is 142 Å². The van der Waals surface area contributed by atoms with Crippen LogP contribution in [0.5, 0.6) is 0 Å². The van der Waals surface area contributed by atoms with Crippen LogP contribution in [0.25, 0.3) is 0 Å². The predicted molar refractivity (Wildman–Crippen MR) is 92.3 cm³/mol. The second-order valence-corrected chi connectivity index (χ2v) is 6.64. The summed E-state index contributed by atoms with van der Waals surface area (Å²) in [6.07, 6.45) is 5.53. The number of hydrogen-bond acceptors (Lipinski definition) is 3. The molecule has 2 aromatic rings. The number of aryl methyl sites for hydroxylation is 2. The Bertz CT molecular complexity index is 610. The van der Waals surface area contributed by atoms with Gasteiger partial charge >= 0.3 is 0 Å². The fourth-order valence-corrected chi connectivity index (χ4v) is 3.57. The molecule has 114 valence electrons. The first-order chi connectivity index (χ1) is 10.1. The highest BCUT2D eigenvalue weighted by Gasteiger charge is 2.19. The summed E-state index contributed by atoms with van der Waals surface area (Å²) in [5.74, 6) is 0. The minimum Gasteiger partial charge on any atom is -0.310 e. The molecular weight excluding hydrogens is 396 g/mol. The van der Waals surface area contributed by atoms with E-state index in [1.54, 1.807) is 0 Å². The molecule has 0 saturated carbocycles. The Morgan fingerprint density at radius 1 is 1.29 bits per heavy atom. The molecule has 0 amide bonds. The van der Waals surface area contributed by atoms with E-state index in [2.05, 4.69) is 67.2 Å². The van der Waals surface area contributed by atoms with Crippen LogP contribution in [0.3, 0.4) is 0 Å². The summed E-state index contributed by atoms with van der Waals surface area (Å²) in [5, 5.41) is 8.10. The van der Waals surface area contributed by atoms with Gasteiger partial charge in [0.05, 0.1) is 15.9 Å². The maximum absolute atomic E-state index is 4.57. The predicted octanol–water partition coefficient (Wildman–Crippen LogP) is 3.80. The Kier molecular flexibility index (Phi) is 5.96. The third-order valence-electron chi connectivity index (χ3n) is 3.48. The molecule has 0 aromatic carbocycles. The molecule has 1 unspecified atom stereocenters. The van der Waals surface area contributed by atoms with Crippen LogP contribution in [0.15, 0.2) is 27.4 Å². The summed E-state index contributed by atoms with van der Waals surface area (Å²) in [6, 6.07) is 2.34. The van der Waals surface area contributed by atoms with Crippen molar-refractivity contribution in [2.75, 3.05) is 6.54 Å². The van der Waals surface area contributed by atoms with Gasteiger partial charge in [-0.3, -0.25) is 9.67 Å². The zero-order chi connectivity index (χ0) is 15.4. The number of nitrogens with one attached hydrogen (secondary N) is 1. The first-order valence-electron chi connectivity index (χ1n) is 7.10. The fourth-order valence-electron chi connectivity index (χ4n) is 2.41. The zero-order valence-electron chi connectivity index (χ0n) is 12.5. The van der Waals surface area contributed by atoms with Crippen LogP contribution < -0.4 is 5.32 Å². The zero-order valence-corrected chi connectivity index (χ0v) is 15.7. The van der Waals surface area contributed by atoms with E-state index in [1.165, 1.54) is 11.3 Å². The van der Waals surface area contributed by atoms with Crippen LogP contribution in [0.1, 0.15) is 36.8 Å². The Balaban J connectivity index is 2.30. The summed E-state index contributed by atoms with van der Waals surface area (Å²) in [6.45, 7) is 5.15. The molecular formula is C15H20Br2N4. The molecule has 0 radical (unpaired) electrons. The molecule has 0 aliphatic heterocycles. The molecule has 0 aliphatic carbocycles. The van der Waals surface area contributed by atoms with E-state index < -0.39 is 0 Å². The van der Waals surface area contributed by atoms with Crippen molar-refractivity contribution in [3.63, 3.8) is 0 Å². The molecule has 0 bridgehead atoms. The lowest BCUT2D eigenvalue weighted by Crippen LogP contribution is -2.24. The van der Waals surface area contributed by atoms with Gasteiger partial charge in [-0.25, -0.2) is 0 Å². The minimum atomic E-state index is 0.219. The number of pyridine rings is 1. The van der Waals surface area contributed by atoms with Crippen molar-refractivity contribution in [2.24, 2.45) is 7.05 Å². The molecule has 2 rings (SSSR count). The van der Waals surface area contributed by atoms with Gasteiger partial charge in [0.2, 0.25) is 0 Å². The third kappa shape index (κ3) is 3.93. The average molecular weight is 416 g/mol. The fraction of sp³-hybridized carbons (Fsp3) is 0.467. The van der Waals surface area contributed by atoms with Gasteiger partial charge < -0.3 is 5.32 Å². The van der Waals surface area contributed by atoms with Gasteiger partial charge in [0.15, 0.2) is 0 Å². The topological polar surface area (TPSA) is 42.7 Å². The Morgan fingerprint density at radius 2 is 2.05 bits per heavy atom. The van der Waals surface area contributed by atoms with Gasteiger partial charge in [0.1, 0.15) is 0 Å². The van der Waals surface area contributed by atoms with Crippen molar-refractivity contribution in [1.82, 2.24) is 20.1 Å². The highest BCUT2D eigenvalue weighted by atomic mass is 79.9. The second-order valence-electron chi connectivity index (χ2n) is 4.94. The highest BCUT2D eigenvalue weighted by molar-refractivity contribution is 9.10. The van der Waals surface area contributed by atoms with Gasteiger partial charge in [-0.15, -0.1) is 0 Å². The van der Waals surface area contributed by atoms with Crippen LogP contribution in [-0.4, -0.2) is 21.3 Å². The lowest BCUT2D eigenvalue weighted by molar-refractivity contribution is 0.526. The number of nitrogens with zero attached hydrogens (tertiary/aromatic N) is 3. The van der Waals surface area contributed by atoms with Crippen molar-refractivity contribution in [3.8, 4) is 0 Å². The maximum Gasteiger partial charge on any atom is 0.0766 e. The molecule has 6 heteroatoms. The average Bonchev–Trinajstić information content (AvgIpc) is 2.74. The summed E-state index contributed by atoms with van der Waals surface area (Å²) >= 11 is 7.19. The largest absolute Gasteiger partial charge is 0.310 e. The smallest absolute Gasteiger partial charge is 0.0766 e. The van der Waals surface area contributed by atoms with Crippen molar-refractivity contribution in [3.05, 3.63) is 44.4 Å². The van der Waals surface area contributed by atoms with Gasteiger partial charge in [-0.2, -0.15) is 5.10 Å². The minimum absolute atomic E-state index is 0.219. The molecule has 0 fully saturated rings. The molecule has 21 heavy (non-hydrogen) atoms. The standard InChI is InChI=1S/C15H20Br2N4/c1-4-12-15(17)14(21(3)20-12)7-13(19-5-2)10-6-11(16)9-18-8-10/h6,8-9,13,19H,4-5,7H2,1-3H3. The van der Waals surface area contributed by atoms with E-state index in [9.17, 15) is 0 Å². The van der Waals surface area contributed by atoms with Gasteiger partial charge in [-0.05, 0) is 56.5 Å². The lowest BCUT2D eigenvalue weighted by atomic mass is 10.0. The van der Waals surface area contributed by atoms with Gasteiger partial charge in [-0.1, -0.05) is 13.8 Å². The molecule has 0 spiro atoms. The number of aromatic nitrogens is 3. The SMILES string of the molecule is CCNC(Cc1c(Br)c(CC)nn1C)c1cncc(Br)c1. The van der Waals surface area contributed by atoms with Crippen molar-refractivity contribution >= 4 is 31.9 Å². The van der Waals surface area contributed by atoms with E-state index in [1.807, 2.05) is 24.1 Å². The van der Waals surface area contributed by atoms with Crippen molar-refractivity contribution in [2.45, 2.75) is 32.7 Å². The number of rotatable bonds is 6. The molecule has 2 heterocycles. The monoisotopic (exact) mass is 414 g/mol. The first-order valence-corrected chi connectivity index (χ1v) is 8.69. The molecule has 0 saturated heterocycles. The number of halogens is 2. The molecule has 1 N–H and O–H groups in total. The summed E-state index contributed by atoms with van der Waals surface area (Å²) in [7, 11) is 2.00. The van der Waals surface area contributed by atoms with Gasteiger partial charge in [0, 0.05) is 36.4 Å². The molecule has 0 aliphatic rings. The quantitative estimate of drug-likeness (QED) is 0.780. The van der Waals surface area contributed by atoms with E-state index in [4.69, 9.17) is 0 Å². The normalized spacial score (nSPS) is 12.6. The highest BCUT2D eigenvalue weighted by Crippen LogP contribution is 2.27. The van der Waals surface area contributed by atoms with E-state index in [0.29, 0.717) is 0 Å². The Morgan fingerprint density at radius 3 is 2.62 bits per heavy atom. The summed E-state index contributed by atoms with van der Waals surface area (Å²) < 4.78 is 4.10. The third-order valence-corrected chi connectivity index (χ3v) is 4.83. The van der Waals surface area contributed by atoms with E-state index >= 15 is 0 Å². The van der Waals surface area contributed by atoms with Crippen molar-refractivity contribution in [1.29, 1.82) is 0 Å². The van der Waals surface area contributed by atoms with Crippen LogP contribution in [0, 0.1) is 0 Å². The summed E-state index contributed by atoms with van der Waals surface area (Å²) in [4.78, 5) is 4.27. The molecule has 4 nitrogen and oxygen atoms in total. The van der Waals surface area contributed by atoms with Crippen LogP contribution in [0.4, 0.5) is 0 Å². The number of likely N-dealkylation sites (N-methyl/N-ethyl adjacent to an activating group) is 1. The maximum atomic E-state index is 4.57. The summed E-state index contributed by atoms with van der Waals surface area (Å²) in [5.41, 5.74) is 3.49. The van der Waals surface area contributed by atoms with Gasteiger partial charge in [0.25, 0.3) is 0 Å². The van der Waals surface area contributed by atoms with Crippen LogP contribution in [0.2, 0.25) is 0 Å². The number of hydrogen-bond donors (Lipinski definition) is 1. The molecule has 2 aromatic heterocycles. The molecule has 1 atom stereocenters. The Hall–Kier alpha value is -0.720. The van der Waals surface area contributed by atoms with E-state index in [0.717, 1.165) is 34.0 Å². The lowest BCUT2D eigenvalue weighted by Gasteiger charge is -2.18. The van der Waals surface area contributed by atoms with Crippen LogP contribution >= 0.6 is 31.9 Å². The second kappa shape index (κ2) is 7.51. The van der Waals surface area contributed by atoms with Crippen LogP contribution in [-0.2, 0) is 19.9 Å². The first kappa shape index (κ1) is 16.6. The van der Waals surface area contributed by atoms with Crippen molar-refractivity contribution < 1.29 is 0 Å².